The van der Waals surface area contributed by atoms with Crippen LogP contribution >= 0.6 is 0 Å². The fourth-order valence-electron chi connectivity index (χ4n) is 9.18. The van der Waals surface area contributed by atoms with E-state index in [4.69, 9.17) is 29.9 Å². The summed E-state index contributed by atoms with van der Waals surface area (Å²) in [4.78, 5) is 45.7. The normalized spacial score (nSPS) is 12.4. The Labute approximate surface area is 453 Å². The summed E-state index contributed by atoms with van der Waals surface area (Å²) in [5, 5.41) is -0.108. The number of benzene rings is 4. The Bertz CT molecular complexity index is 5030. The number of hydrogen-bond donors (Lipinski definition) is 5. The van der Waals surface area contributed by atoms with Crippen molar-refractivity contribution in [2.24, 2.45) is 0 Å². The van der Waals surface area contributed by atoms with Crippen LogP contribution in [0.25, 0.3) is 89.7 Å². The number of hydrogen-bond acceptors (Lipinski definition) is 18. The van der Waals surface area contributed by atoms with Gasteiger partial charge in [-0.2, -0.15) is 12.4 Å². The summed E-state index contributed by atoms with van der Waals surface area (Å²) in [6.07, 6.45) is 5.27. The summed E-state index contributed by atoms with van der Waals surface area (Å²) >= 11 is 0. The topological polar surface area (TPSA) is 334 Å². The quantitative estimate of drug-likeness (QED) is 0.0789. The van der Waals surface area contributed by atoms with Crippen LogP contribution in [0.1, 0.15) is 0 Å². The largest absolute Gasteiger partial charge is 0.332 e. The summed E-state index contributed by atoms with van der Waals surface area (Å²) in [5.74, 6) is -1.14. The van der Waals surface area contributed by atoms with Crippen LogP contribution in [0.5, 0.6) is 0 Å². The molecule has 9 heterocycles. The number of nitrogens with one attached hydrogen (secondary N) is 5. The van der Waals surface area contributed by atoms with E-state index < -0.39 is 66.0 Å². The highest BCUT2D eigenvalue weighted by Crippen LogP contribution is 2.43. The van der Waals surface area contributed by atoms with E-state index >= 15 is 25.3 Å². The molecule has 2 aliphatic heterocycles. The van der Waals surface area contributed by atoms with Crippen LogP contribution in [-0.2, 0) is 40.3 Å². The molecule has 0 saturated carbocycles. The Morgan fingerprint density at radius 3 is 1.18 bits per heavy atom. The van der Waals surface area contributed by atoms with E-state index in [1.165, 1.54) is 85.5 Å². The summed E-state index contributed by atoms with van der Waals surface area (Å²) in [6, 6.07) is 38.7. The van der Waals surface area contributed by atoms with E-state index in [2.05, 4.69) is 43.8 Å². The van der Waals surface area contributed by atoms with E-state index in [9.17, 15) is 8.42 Å². The van der Waals surface area contributed by atoms with Gasteiger partial charge in [-0.1, -0.05) is 97.1 Å². The maximum atomic E-state index is 15.6. The molecule has 24 nitrogen and oxygen atoms in total. The Balaban J connectivity index is 1.23. The zero-order valence-electron chi connectivity index (χ0n) is 40.6. The second-order valence-electron chi connectivity index (χ2n) is 17.6. The van der Waals surface area contributed by atoms with Gasteiger partial charge >= 0.3 is 10.2 Å². The Morgan fingerprint density at radius 1 is 0.362 bits per heavy atom. The molecule has 0 radical (unpaired) electrons. The molecule has 13 rings (SSSR count). The number of aromatic amines is 1. The van der Waals surface area contributed by atoms with Crippen LogP contribution in [0.2, 0.25) is 0 Å². The Hall–Kier alpha value is -10.2. The summed E-state index contributed by atoms with van der Waals surface area (Å²) in [5.41, 5.74) is 0.435. The van der Waals surface area contributed by atoms with Gasteiger partial charge in [0, 0.05) is 63.2 Å². The lowest BCUT2D eigenvalue weighted by Crippen LogP contribution is -2.26. The minimum absolute atomic E-state index is 0.0135. The lowest BCUT2D eigenvalue weighted by atomic mass is 10.1. The Morgan fingerprint density at radius 2 is 0.738 bits per heavy atom. The van der Waals surface area contributed by atoms with Crippen molar-refractivity contribution in [1.82, 2.24) is 58.8 Å². The molecule has 394 valence electrons. The van der Waals surface area contributed by atoms with Crippen molar-refractivity contribution < 1.29 is 33.7 Å². The van der Waals surface area contributed by atoms with Gasteiger partial charge in [0.15, 0.2) is 34.6 Å². The number of sulfonamides is 3. The Kier molecular flexibility index (Phi) is 11.6. The molecule has 11 aromatic rings. The van der Waals surface area contributed by atoms with E-state index in [1.54, 1.807) is 84.9 Å². The summed E-state index contributed by atoms with van der Waals surface area (Å²) in [7, 11) is -20.7. The van der Waals surface area contributed by atoms with Gasteiger partial charge in [0.25, 0.3) is 30.1 Å². The molecule has 0 fully saturated rings. The van der Waals surface area contributed by atoms with Crippen molar-refractivity contribution in [3.05, 3.63) is 176 Å². The summed E-state index contributed by atoms with van der Waals surface area (Å²) < 4.78 is 132. The smallest absolute Gasteiger partial charge is 0.324 e. The van der Waals surface area contributed by atoms with E-state index in [1.807, 2.05) is 0 Å². The number of anilines is 4. The molecule has 5 N–H and O–H groups in total. The van der Waals surface area contributed by atoms with Crippen molar-refractivity contribution in [1.29, 1.82) is 0 Å². The molecular formula is C52H34N16O8S4. The van der Waals surface area contributed by atoms with Crippen LogP contribution in [-0.4, -0.2) is 92.5 Å². The minimum Gasteiger partial charge on any atom is -0.324 e. The minimum atomic E-state index is -5.38. The highest BCUT2D eigenvalue weighted by Gasteiger charge is 2.40. The average molecular weight is 1140 g/mol. The highest BCUT2D eigenvalue weighted by molar-refractivity contribution is 7.97. The molecule has 0 unspecified atom stereocenters. The number of H-pyrrole nitrogens is 1. The summed E-state index contributed by atoms with van der Waals surface area (Å²) in [6.45, 7) is 0. The third-order valence-corrected chi connectivity index (χ3v) is 18.3. The van der Waals surface area contributed by atoms with Gasteiger partial charge in [-0.05, 0) is 54.6 Å². The molecule has 80 heavy (non-hydrogen) atoms. The predicted octanol–water partition coefficient (Wildman–Crippen LogP) is 7.53. The van der Waals surface area contributed by atoms with Crippen molar-refractivity contribution in [2.45, 2.75) is 14.7 Å². The van der Waals surface area contributed by atoms with Gasteiger partial charge in [0.2, 0.25) is 0 Å². The molecule has 2 aliphatic rings. The van der Waals surface area contributed by atoms with Gasteiger partial charge in [-0.25, -0.2) is 79.8 Å². The van der Waals surface area contributed by atoms with Crippen molar-refractivity contribution in [3.63, 3.8) is 0 Å². The van der Waals surface area contributed by atoms with Gasteiger partial charge in [0.05, 0.1) is 5.39 Å². The molecule has 8 bridgehead atoms. The lowest BCUT2D eigenvalue weighted by Gasteiger charge is -2.19. The van der Waals surface area contributed by atoms with Gasteiger partial charge in [-0.3, -0.25) is 14.2 Å². The van der Waals surface area contributed by atoms with Gasteiger partial charge in [0.1, 0.15) is 49.3 Å². The first-order valence-electron chi connectivity index (χ1n) is 23.7. The number of aromatic nitrogens is 12. The van der Waals surface area contributed by atoms with E-state index in [0.29, 0.717) is 33.0 Å². The molecule has 28 heteroatoms. The zero-order chi connectivity index (χ0) is 55.0. The number of rotatable bonds is 12. The molecular weight excluding hydrogens is 1100 g/mol. The van der Waals surface area contributed by atoms with Crippen LogP contribution in [0.15, 0.2) is 191 Å². The van der Waals surface area contributed by atoms with E-state index in [0.717, 1.165) is 10.0 Å². The SMILES string of the molecule is O=S(=O)(Nc1ccccn1)c1cc2c3nc4nc(nc5c6ccccc6c(nc6nc(nc([nH]3)c2c(S(=O)(=O)Nc2ccccn2)c1S(=O)(=O)Nc1ccccn1)-c1ccccc1-6)n5S(=O)(=O)Nc1ccccn1)-c1ccccc1-4. The fraction of sp³-hybridized carbons (Fsp3) is 0. The first-order chi connectivity index (χ1) is 38.6. The van der Waals surface area contributed by atoms with Crippen LogP contribution in [0, 0.1) is 0 Å². The van der Waals surface area contributed by atoms with Gasteiger partial charge < -0.3 is 4.98 Å². The second kappa shape index (κ2) is 18.8. The number of nitrogens with zero attached hydrogens (tertiary/aromatic N) is 11. The predicted molar refractivity (Wildman–Crippen MR) is 297 cm³/mol. The molecule has 0 amide bonds. The van der Waals surface area contributed by atoms with Crippen LogP contribution in [0.3, 0.4) is 0 Å². The lowest BCUT2D eigenvalue weighted by molar-refractivity contribution is 0.580. The third kappa shape index (κ3) is 8.68. The first kappa shape index (κ1) is 49.4. The fourth-order valence-corrected chi connectivity index (χ4v) is 15.4. The van der Waals surface area contributed by atoms with Crippen molar-refractivity contribution in [2.75, 3.05) is 18.9 Å². The molecule has 0 atom stereocenters. The maximum Gasteiger partial charge on any atom is 0.332 e. The molecule has 7 aromatic heterocycles. The second-order valence-corrected chi connectivity index (χ2v) is 24.0. The molecule has 4 aromatic carbocycles. The molecule has 0 aliphatic carbocycles. The number of pyridine rings is 4. The van der Waals surface area contributed by atoms with E-state index in [-0.39, 0.29) is 68.9 Å². The van der Waals surface area contributed by atoms with Gasteiger partial charge in [-0.15, -0.1) is 0 Å². The average Bonchev–Trinajstić information content (AvgIpc) is 4.26. The van der Waals surface area contributed by atoms with Crippen LogP contribution < -0.4 is 18.9 Å². The standard InChI is InChI=1S/C52H34N16O8S4/c69-77(70,64-38-21-7-11-25-53-38)37-29-36-42(44(79(73,74)66-40-23-9-13-27-55-40)43(37)78(71,72)65-39-22-8-12-26-54-39)50-60-46-31-16-2-4-18-33(31)48(58-46)63-52-35-20-6-5-19-34(35)51(68(52)80(75,76)67-41-24-10-14-28-56-41)62-47-32-17-3-1-15-30(32)45(57-47)59-49(36)61-50/h1-29H,(H,53,64)(H,54,65)(H,55,66)(H,56,67)(H,57,58,59,60,61,62,63). The maximum absolute atomic E-state index is 15.6. The molecule has 0 saturated heterocycles. The van der Waals surface area contributed by atoms with Crippen molar-refractivity contribution >= 4 is 108 Å². The first-order valence-corrected chi connectivity index (χ1v) is 29.6. The molecule has 0 spiro atoms. The zero-order valence-corrected chi connectivity index (χ0v) is 43.8. The number of fused-ring (bicyclic) bond motifs is 20. The highest BCUT2D eigenvalue weighted by atomic mass is 32.2. The third-order valence-electron chi connectivity index (χ3n) is 12.5. The van der Waals surface area contributed by atoms with Crippen LogP contribution in [0.4, 0.5) is 23.3 Å². The monoisotopic (exact) mass is 1140 g/mol. The van der Waals surface area contributed by atoms with Crippen molar-refractivity contribution in [3.8, 4) is 45.6 Å².